The number of aromatic nitrogens is 6. The zero-order valence-electron chi connectivity index (χ0n) is 18.6. The Labute approximate surface area is 188 Å². The van der Waals surface area contributed by atoms with Gasteiger partial charge in [-0.3, -0.25) is 9.08 Å². The summed E-state index contributed by atoms with van der Waals surface area (Å²) in [4.78, 5) is 15.6. The molecule has 4 aromatic heterocycles. The van der Waals surface area contributed by atoms with E-state index in [4.69, 9.17) is 4.98 Å². The first-order valence-electron chi connectivity index (χ1n) is 10.8. The van der Waals surface area contributed by atoms with E-state index in [1.165, 1.54) is 16.0 Å². The summed E-state index contributed by atoms with van der Waals surface area (Å²) in [5.74, 6) is 1.30. The highest BCUT2D eigenvalue weighted by Gasteiger charge is 2.32. The van der Waals surface area contributed by atoms with E-state index < -0.39 is 11.7 Å². The van der Waals surface area contributed by atoms with Crippen molar-refractivity contribution in [2.45, 2.75) is 32.4 Å². The van der Waals surface area contributed by atoms with Crippen LogP contribution in [-0.2, 0) is 13.2 Å². The third-order valence-electron chi connectivity index (χ3n) is 6.17. The lowest BCUT2D eigenvalue weighted by Crippen LogP contribution is -2.39. The predicted octanol–water partition coefficient (Wildman–Crippen LogP) is 4.48. The summed E-state index contributed by atoms with van der Waals surface area (Å²) in [5, 5.41) is 4.49. The first-order chi connectivity index (χ1) is 15.7. The van der Waals surface area contributed by atoms with Crippen molar-refractivity contribution < 1.29 is 13.2 Å². The van der Waals surface area contributed by atoms with Crippen molar-refractivity contribution in [3.8, 4) is 11.4 Å². The smallest absolute Gasteiger partial charge is 0.340 e. The molecule has 2 atom stereocenters. The molecule has 172 valence electrons. The number of halogens is 3. The standard InChI is InChI=1S/C23H24F3N7/c1-14-8-16(18-13-31(3)30-15(18)2)11-32(10-14)22-27-7-6-19(29-22)20-9-28-21-5-4-17(12-33(20)21)23(24,25)26/h4-7,9,12-14,16H,8,10-11H2,1-3H3/t14-,16?/m0/s1. The van der Waals surface area contributed by atoms with Crippen LogP contribution in [0.1, 0.15) is 36.1 Å². The highest BCUT2D eigenvalue weighted by molar-refractivity contribution is 5.61. The molecule has 4 aromatic rings. The molecule has 0 N–H and O–H groups in total. The van der Waals surface area contributed by atoms with Crippen LogP contribution in [-0.4, -0.2) is 42.2 Å². The Morgan fingerprint density at radius 3 is 2.61 bits per heavy atom. The number of rotatable bonds is 3. The fourth-order valence-corrected chi connectivity index (χ4v) is 4.74. The van der Waals surface area contributed by atoms with Crippen LogP contribution in [0.5, 0.6) is 0 Å². The van der Waals surface area contributed by atoms with Gasteiger partial charge in [0.1, 0.15) is 5.65 Å². The number of hydrogen-bond donors (Lipinski definition) is 0. The molecule has 0 aliphatic carbocycles. The first-order valence-corrected chi connectivity index (χ1v) is 10.8. The molecule has 0 saturated carbocycles. The quantitative estimate of drug-likeness (QED) is 0.456. The van der Waals surface area contributed by atoms with Crippen molar-refractivity contribution in [2.24, 2.45) is 13.0 Å². The monoisotopic (exact) mass is 455 g/mol. The molecule has 1 aliphatic rings. The molecular formula is C23H24F3N7. The fraction of sp³-hybridized carbons (Fsp3) is 0.391. The molecule has 1 unspecified atom stereocenters. The van der Waals surface area contributed by atoms with Gasteiger partial charge in [0.05, 0.1) is 28.8 Å². The van der Waals surface area contributed by atoms with Gasteiger partial charge in [-0.05, 0) is 43.0 Å². The normalized spacial score (nSPS) is 19.4. The van der Waals surface area contributed by atoms with Crippen LogP contribution >= 0.6 is 0 Å². The number of aryl methyl sites for hydroxylation is 2. The third kappa shape index (κ3) is 4.05. The highest BCUT2D eigenvalue weighted by Crippen LogP contribution is 2.34. The Morgan fingerprint density at radius 2 is 1.88 bits per heavy atom. The average molecular weight is 455 g/mol. The van der Waals surface area contributed by atoms with Gasteiger partial charge in [-0.25, -0.2) is 15.0 Å². The number of fused-ring (bicyclic) bond motifs is 1. The SMILES string of the molecule is Cc1nn(C)cc1C1C[C@H](C)CN(c2nccc(-c3cnc4ccc(C(F)(F)F)cn34)n2)C1. The van der Waals surface area contributed by atoms with E-state index in [-0.39, 0.29) is 0 Å². The summed E-state index contributed by atoms with van der Waals surface area (Å²) in [6.45, 7) is 5.80. The van der Waals surface area contributed by atoms with E-state index in [2.05, 4.69) is 33.1 Å². The van der Waals surface area contributed by atoms with Gasteiger partial charge in [0.25, 0.3) is 0 Å². The molecule has 0 aromatic carbocycles. The van der Waals surface area contributed by atoms with Crippen molar-refractivity contribution in [3.05, 3.63) is 59.8 Å². The van der Waals surface area contributed by atoms with E-state index in [0.717, 1.165) is 37.5 Å². The molecule has 0 bridgehead atoms. The molecule has 5 rings (SSSR count). The van der Waals surface area contributed by atoms with Crippen LogP contribution in [0.2, 0.25) is 0 Å². The Balaban J connectivity index is 1.49. The van der Waals surface area contributed by atoms with Gasteiger partial charge in [-0.2, -0.15) is 18.3 Å². The molecule has 33 heavy (non-hydrogen) atoms. The largest absolute Gasteiger partial charge is 0.417 e. The summed E-state index contributed by atoms with van der Waals surface area (Å²) in [6, 6.07) is 4.10. The minimum Gasteiger partial charge on any atom is -0.340 e. The van der Waals surface area contributed by atoms with E-state index >= 15 is 0 Å². The van der Waals surface area contributed by atoms with Gasteiger partial charge < -0.3 is 4.90 Å². The lowest BCUT2D eigenvalue weighted by Gasteiger charge is -2.36. The topological polar surface area (TPSA) is 64.1 Å². The zero-order valence-corrected chi connectivity index (χ0v) is 18.6. The van der Waals surface area contributed by atoms with Crippen LogP contribution in [0.3, 0.4) is 0 Å². The van der Waals surface area contributed by atoms with Crippen LogP contribution in [0.15, 0.2) is 43.0 Å². The molecule has 1 saturated heterocycles. The number of piperidine rings is 1. The van der Waals surface area contributed by atoms with Crippen LogP contribution in [0.25, 0.3) is 17.0 Å². The Bertz CT molecular complexity index is 1310. The van der Waals surface area contributed by atoms with Gasteiger partial charge in [-0.15, -0.1) is 0 Å². The second kappa shape index (κ2) is 7.86. The van der Waals surface area contributed by atoms with Crippen molar-refractivity contribution in [1.29, 1.82) is 0 Å². The molecule has 7 nitrogen and oxygen atoms in total. The number of hydrogen-bond acceptors (Lipinski definition) is 5. The molecular weight excluding hydrogens is 431 g/mol. The molecule has 1 fully saturated rings. The summed E-state index contributed by atoms with van der Waals surface area (Å²) in [5.41, 5.74) is 2.97. The predicted molar refractivity (Wildman–Crippen MR) is 118 cm³/mol. The molecule has 5 heterocycles. The van der Waals surface area contributed by atoms with Crippen LogP contribution < -0.4 is 4.90 Å². The van der Waals surface area contributed by atoms with Gasteiger partial charge in [0.2, 0.25) is 5.95 Å². The van der Waals surface area contributed by atoms with E-state index in [1.54, 1.807) is 18.5 Å². The summed E-state index contributed by atoms with van der Waals surface area (Å²) in [6.07, 6.45) is 2.94. The Hall–Kier alpha value is -3.43. The first kappa shape index (κ1) is 21.4. The Kier molecular flexibility index (Phi) is 5.10. The number of nitrogens with zero attached hydrogens (tertiary/aromatic N) is 7. The molecule has 0 amide bonds. The Morgan fingerprint density at radius 1 is 1.06 bits per heavy atom. The summed E-state index contributed by atoms with van der Waals surface area (Å²) in [7, 11) is 1.92. The lowest BCUT2D eigenvalue weighted by molar-refractivity contribution is -0.137. The number of anilines is 1. The maximum Gasteiger partial charge on any atom is 0.417 e. The summed E-state index contributed by atoms with van der Waals surface area (Å²) < 4.78 is 43.0. The van der Waals surface area contributed by atoms with Crippen LogP contribution in [0.4, 0.5) is 19.1 Å². The fourth-order valence-electron chi connectivity index (χ4n) is 4.74. The third-order valence-corrected chi connectivity index (χ3v) is 6.17. The van der Waals surface area contributed by atoms with Crippen molar-refractivity contribution >= 4 is 11.6 Å². The maximum absolute atomic E-state index is 13.2. The number of imidazole rings is 1. The molecule has 0 spiro atoms. The van der Waals surface area contributed by atoms with E-state index in [0.29, 0.717) is 34.8 Å². The van der Waals surface area contributed by atoms with E-state index in [1.807, 2.05) is 18.7 Å². The number of pyridine rings is 1. The van der Waals surface area contributed by atoms with Gasteiger partial charge in [0, 0.05) is 44.6 Å². The van der Waals surface area contributed by atoms with Crippen molar-refractivity contribution in [2.75, 3.05) is 18.0 Å². The highest BCUT2D eigenvalue weighted by atomic mass is 19.4. The molecule has 1 aliphatic heterocycles. The zero-order chi connectivity index (χ0) is 23.3. The second-order valence-electron chi connectivity index (χ2n) is 8.82. The second-order valence-corrected chi connectivity index (χ2v) is 8.82. The van der Waals surface area contributed by atoms with E-state index in [9.17, 15) is 13.2 Å². The van der Waals surface area contributed by atoms with Crippen molar-refractivity contribution in [3.63, 3.8) is 0 Å². The lowest BCUT2D eigenvalue weighted by atomic mass is 9.86. The minimum absolute atomic E-state index is 0.305. The molecule has 0 radical (unpaired) electrons. The van der Waals surface area contributed by atoms with Gasteiger partial charge >= 0.3 is 6.18 Å². The summed E-state index contributed by atoms with van der Waals surface area (Å²) >= 11 is 0. The molecule has 10 heteroatoms. The maximum atomic E-state index is 13.2. The number of alkyl halides is 3. The van der Waals surface area contributed by atoms with Gasteiger partial charge in [0.15, 0.2) is 0 Å². The van der Waals surface area contributed by atoms with Crippen molar-refractivity contribution in [1.82, 2.24) is 29.1 Å². The van der Waals surface area contributed by atoms with Gasteiger partial charge in [-0.1, -0.05) is 6.92 Å². The minimum atomic E-state index is -4.43. The average Bonchev–Trinajstić information content (AvgIpc) is 3.34. The van der Waals surface area contributed by atoms with Crippen LogP contribution in [0, 0.1) is 12.8 Å².